The lowest BCUT2D eigenvalue weighted by molar-refractivity contribution is -0.131. The van der Waals surface area contributed by atoms with Crippen LogP contribution in [-0.4, -0.2) is 17.9 Å². The van der Waals surface area contributed by atoms with Crippen LogP contribution in [-0.2, 0) is 9.59 Å². The number of nitrogens with two attached hydrogens (primary N) is 1. The molecule has 122 valence electrons. The molecule has 24 heavy (non-hydrogen) atoms. The molecule has 6 heteroatoms. The van der Waals surface area contributed by atoms with E-state index in [0.29, 0.717) is 16.9 Å². The maximum atomic E-state index is 12.3. The number of rotatable bonds is 6. The quantitative estimate of drug-likeness (QED) is 0.843. The van der Waals surface area contributed by atoms with Gasteiger partial charge in [-0.05, 0) is 24.6 Å². The monoisotopic (exact) mass is 323 g/mol. The molecule has 0 bridgehead atoms. The van der Waals surface area contributed by atoms with E-state index >= 15 is 0 Å². The minimum absolute atomic E-state index is 0.304. The first-order chi connectivity index (χ1) is 11.5. The Bertz CT molecular complexity index is 769. The Morgan fingerprint density at radius 3 is 2.38 bits per heavy atom. The van der Waals surface area contributed by atoms with Gasteiger partial charge in [0.05, 0.1) is 5.56 Å². The van der Waals surface area contributed by atoms with E-state index in [-0.39, 0.29) is 0 Å². The molecule has 3 N–H and O–H groups in total. The molecule has 0 aliphatic heterocycles. The zero-order chi connectivity index (χ0) is 17.5. The molecular weight excluding hydrogens is 306 g/mol. The Morgan fingerprint density at radius 1 is 1.12 bits per heavy atom. The van der Waals surface area contributed by atoms with Crippen LogP contribution in [0, 0.1) is 11.3 Å². The van der Waals surface area contributed by atoms with Crippen molar-refractivity contribution >= 4 is 11.8 Å². The second-order valence-electron chi connectivity index (χ2n) is 5.12. The lowest BCUT2D eigenvalue weighted by Crippen LogP contribution is -2.43. The number of hydrogen-bond donors (Lipinski definition) is 2. The highest BCUT2D eigenvalue weighted by atomic mass is 16.5. The van der Waals surface area contributed by atoms with Crippen LogP contribution in [0.4, 0.5) is 0 Å². The molecule has 0 saturated carbocycles. The first kappa shape index (κ1) is 17.0. The zero-order valence-electron chi connectivity index (χ0n) is 13.1. The summed E-state index contributed by atoms with van der Waals surface area (Å²) in [7, 11) is 0. The highest BCUT2D eigenvalue weighted by Crippen LogP contribution is 2.19. The van der Waals surface area contributed by atoms with Crippen LogP contribution in [0.2, 0.25) is 0 Å². The molecule has 2 atom stereocenters. The van der Waals surface area contributed by atoms with Crippen molar-refractivity contribution in [1.29, 1.82) is 5.26 Å². The van der Waals surface area contributed by atoms with Crippen molar-refractivity contribution in [3.05, 3.63) is 65.7 Å². The molecule has 0 radical (unpaired) electrons. The predicted molar refractivity (Wildman–Crippen MR) is 87.8 cm³/mol. The number of carbonyl (C=O) groups excluding carboxylic acids is 2. The number of amides is 2. The van der Waals surface area contributed by atoms with Crippen molar-refractivity contribution in [2.75, 3.05) is 0 Å². The van der Waals surface area contributed by atoms with Gasteiger partial charge < -0.3 is 15.8 Å². The average Bonchev–Trinajstić information content (AvgIpc) is 2.60. The van der Waals surface area contributed by atoms with Gasteiger partial charge >= 0.3 is 0 Å². The van der Waals surface area contributed by atoms with Crippen LogP contribution >= 0.6 is 0 Å². The van der Waals surface area contributed by atoms with Crippen molar-refractivity contribution in [2.45, 2.75) is 19.1 Å². The Kier molecular flexibility index (Phi) is 5.53. The summed E-state index contributed by atoms with van der Waals surface area (Å²) in [6.45, 7) is 1.53. The van der Waals surface area contributed by atoms with E-state index < -0.39 is 24.0 Å². The zero-order valence-corrected chi connectivity index (χ0v) is 13.1. The first-order valence-corrected chi connectivity index (χ1v) is 7.33. The molecule has 0 fully saturated rings. The second-order valence-corrected chi connectivity index (χ2v) is 5.12. The van der Waals surface area contributed by atoms with Gasteiger partial charge in [-0.1, -0.05) is 42.5 Å². The predicted octanol–water partition coefficient (Wildman–Crippen LogP) is 1.67. The third-order valence-electron chi connectivity index (χ3n) is 3.38. The summed E-state index contributed by atoms with van der Waals surface area (Å²) in [4.78, 5) is 23.9. The molecule has 2 amide bonds. The van der Waals surface area contributed by atoms with Gasteiger partial charge in [0.2, 0.25) is 5.91 Å². The summed E-state index contributed by atoms with van der Waals surface area (Å²) in [6, 6.07) is 16.4. The summed E-state index contributed by atoms with van der Waals surface area (Å²) >= 11 is 0. The largest absolute Gasteiger partial charge is 0.480 e. The average molecular weight is 323 g/mol. The molecule has 0 aromatic heterocycles. The van der Waals surface area contributed by atoms with Crippen molar-refractivity contribution in [3.8, 4) is 11.8 Å². The summed E-state index contributed by atoms with van der Waals surface area (Å²) in [6.07, 6.45) is -0.898. The van der Waals surface area contributed by atoms with Gasteiger partial charge in [-0.15, -0.1) is 0 Å². The summed E-state index contributed by atoms with van der Waals surface area (Å²) < 4.78 is 5.53. The minimum Gasteiger partial charge on any atom is -0.480 e. The lowest BCUT2D eigenvalue weighted by atomic mass is 10.1. The fourth-order valence-electron chi connectivity index (χ4n) is 2.13. The maximum Gasteiger partial charge on any atom is 0.261 e. The number of nitriles is 1. The molecule has 0 saturated heterocycles. The number of primary amides is 1. The van der Waals surface area contributed by atoms with Crippen molar-refractivity contribution < 1.29 is 14.3 Å². The highest BCUT2D eigenvalue weighted by Gasteiger charge is 2.24. The van der Waals surface area contributed by atoms with Gasteiger partial charge in [-0.2, -0.15) is 5.26 Å². The van der Waals surface area contributed by atoms with Gasteiger partial charge in [0.1, 0.15) is 17.9 Å². The molecule has 2 aromatic carbocycles. The summed E-state index contributed by atoms with van der Waals surface area (Å²) in [5.41, 5.74) is 6.29. The number of benzene rings is 2. The van der Waals surface area contributed by atoms with E-state index in [2.05, 4.69) is 5.32 Å². The van der Waals surface area contributed by atoms with Crippen LogP contribution in [0.5, 0.6) is 5.75 Å². The van der Waals surface area contributed by atoms with Crippen LogP contribution in [0.1, 0.15) is 24.1 Å². The van der Waals surface area contributed by atoms with Crippen LogP contribution < -0.4 is 15.8 Å². The topological polar surface area (TPSA) is 105 Å². The van der Waals surface area contributed by atoms with E-state index in [1.54, 1.807) is 54.6 Å². The van der Waals surface area contributed by atoms with Crippen LogP contribution in [0.3, 0.4) is 0 Å². The molecule has 2 aromatic rings. The molecule has 6 nitrogen and oxygen atoms in total. The van der Waals surface area contributed by atoms with Crippen molar-refractivity contribution in [2.24, 2.45) is 5.73 Å². The Hall–Kier alpha value is -3.33. The van der Waals surface area contributed by atoms with E-state index in [0.717, 1.165) is 0 Å². The number of nitrogens with one attached hydrogen (secondary N) is 1. The molecule has 2 rings (SSSR count). The number of nitrogens with zero attached hydrogens (tertiary/aromatic N) is 1. The van der Waals surface area contributed by atoms with Gasteiger partial charge in [-0.3, -0.25) is 9.59 Å². The summed E-state index contributed by atoms with van der Waals surface area (Å²) in [5.74, 6) is -0.868. The SMILES string of the molecule is CC(Oc1ccccc1C#N)C(=O)NC(C(N)=O)c1ccccc1. The van der Waals surface area contributed by atoms with Crippen LogP contribution in [0.25, 0.3) is 0 Å². The van der Waals surface area contributed by atoms with Gasteiger partial charge in [0, 0.05) is 0 Å². The molecule has 0 heterocycles. The van der Waals surface area contributed by atoms with Gasteiger partial charge in [0.25, 0.3) is 5.91 Å². The maximum absolute atomic E-state index is 12.3. The molecule has 0 aliphatic carbocycles. The highest BCUT2D eigenvalue weighted by molar-refractivity contribution is 5.89. The van der Waals surface area contributed by atoms with Crippen molar-refractivity contribution in [1.82, 2.24) is 5.32 Å². The fraction of sp³-hybridized carbons (Fsp3) is 0.167. The number of hydrogen-bond acceptors (Lipinski definition) is 4. The Labute approximate surface area is 139 Å². The molecule has 0 spiro atoms. The van der Waals surface area contributed by atoms with Gasteiger partial charge in [-0.25, -0.2) is 0 Å². The molecule has 0 aliphatic rings. The minimum atomic E-state index is -0.948. The molecule has 2 unspecified atom stereocenters. The normalized spacial score (nSPS) is 12.5. The summed E-state index contributed by atoms with van der Waals surface area (Å²) in [5, 5.41) is 11.6. The Balaban J connectivity index is 2.10. The third-order valence-corrected chi connectivity index (χ3v) is 3.38. The third kappa shape index (κ3) is 4.11. The first-order valence-electron chi connectivity index (χ1n) is 7.33. The smallest absolute Gasteiger partial charge is 0.261 e. The number of para-hydroxylation sites is 1. The van der Waals surface area contributed by atoms with Gasteiger partial charge in [0.15, 0.2) is 6.10 Å². The number of carbonyl (C=O) groups is 2. The second kappa shape index (κ2) is 7.79. The van der Waals surface area contributed by atoms with E-state index in [1.807, 2.05) is 6.07 Å². The number of ether oxygens (including phenoxy) is 1. The van der Waals surface area contributed by atoms with Crippen molar-refractivity contribution in [3.63, 3.8) is 0 Å². The van der Waals surface area contributed by atoms with E-state index in [4.69, 9.17) is 15.7 Å². The lowest BCUT2D eigenvalue weighted by Gasteiger charge is -2.20. The standard InChI is InChI=1S/C18H17N3O3/c1-12(24-15-10-6-5-9-14(15)11-19)18(23)21-16(17(20)22)13-7-3-2-4-8-13/h2-10,12,16H,1H3,(H2,20,22)(H,21,23). The molecular formula is C18H17N3O3. The van der Waals surface area contributed by atoms with Crippen LogP contribution in [0.15, 0.2) is 54.6 Å². The Morgan fingerprint density at radius 2 is 1.75 bits per heavy atom. The van der Waals surface area contributed by atoms with E-state index in [9.17, 15) is 9.59 Å². The fourth-order valence-corrected chi connectivity index (χ4v) is 2.13. The van der Waals surface area contributed by atoms with E-state index in [1.165, 1.54) is 6.92 Å².